The molecule has 0 saturated carbocycles. The van der Waals surface area contributed by atoms with Gasteiger partial charge in [0.2, 0.25) is 0 Å². The summed E-state index contributed by atoms with van der Waals surface area (Å²) in [5.74, 6) is -1.09. The minimum Gasteiger partial charge on any atom is -0.478 e. The third-order valence-electron chi connectivity index (χ3n) is 4.80. The molecule has 1 aromatic heterocycles. The van der Waals surface area contributed by atoms with Crippen molar-refractivity contribution in [1.29, 1.82) is 0 Å². The van der Waals surface area contributed by atoms with Crippen LogP contribution in [0.15, 0.2) is 42.5 Å². The zero-order valence-corrected chi connectivity index (χ0v) is 13.5. The van der Waals surface area contributed by atoms with E-state index in [-0.39, 0.29) is 17.2 Å². The molecule has 0 atom stereocenters. The Bertz CT molecular complexity index is 1000. The third-order valence-corrected chi connectivity index (χ3v) is 4.80. The number of ketones is 1. The Morgan fingerprint density at radius 2 is 1.88 bits per heavy atom. The van der Waals surface area contributed by atoms with Gasteiger partial charge in [0.15, 0.2) is 0 Å². The van der Waals surface area contributed by atoms with Crippen molar-refractivity contribution in [3.63, 3.8) is 0 Å². The topological polar surface area (TPSA) is 59.3 Å². The molecule has 0 spiro atoms. The molecule has 126 valence electrons. The summed E-state index contributed by atoms with van der Waals surface area (Å²) in [6, 6.07) is 11.4. The molecule has 0 radical (unpaired) electrons. The fourth-order valence-electron chi connectivity index (χ4n) is 3.59. The molecule has 0 fully saturated rings. The van der Waals surface area contributed by atoms with E-state index >= 15 is 0 Å². The van der Waals surface area contributed by atoms with E-state index in [4.69, 9.17) is 0 Å². The summed E-state index contributed by atoms with van der Waals surface area (Å²) < 4.78 is 15.3. The average Bonchev–Trinajstić information content (AvgIpc) is 2.89. The van der Waals surface area contributed by atoms with Gasteiger partial charge in [-0.1, -0.05) is 12.1 Å². The van der Waals surface area contributed by atoms with Crippen molar-refractivity contribution >= 4 is 22.7 Å². The Morgan fingerprint density at radius 1 is 1.12 bits per heavy atom. The van der Waals surface area contributed by atoms with Crippen LogP contribution in [0.3, 0.4) is 0 Å². The van der Waals surface area contributed by atoms with Crippen molar-refractivity contribution in [3.05, 3.63) is 70.7 Å². The van der Waals surface area contributed by atoms with Crippen LogP contribution in [0, 0.1) is 5.82 Å². The van der Waals surface area contributed by atoms with Crippen molar-refractivity contribution < 1.29 is 19.1 Å². The Hall–Kier alpha value is -2.95. The number of Topliss-reactive ketones (excluding diaryl/α,β-unsaturated/α-hetero) is 1. The van der Waals surface area contributed by atoms with Crippen molar-refractivity contribution in [2.45, 2.75) is 25.8 Å². The summed E-state index contributed by atoms with van der Waals surface area (Å²) in [5.41, 5.74) is 4.08. The SMILES string of the molecule is O=C1CCc2c(c3cc(C(=O)O)ccc3n2Cc2ccc(F)cc2)C1. The van der Waals surface area contributed by atoms with Gasteiger partial charge in [0.1, 0.15) is 11.6 Å². The largest absolute Gasteiger partial charge is 0.478 e. The molecular formula is C20H16FNO3. The van der Waals surface area contributed by atoms with E-state index in [1.165, 1.54) is 12.1 Å². The van der Waals surface area contributed by atoms with E-state index in [0.29, 0.717) is 25.8 Å². The average molecular weight is 337 g/mol. The highest BCUT2D eigenvalue weighted by Crippen LogP contribution is 2.32. The van der Waals surface area contributed by atoms with E-state index in [0.717, 1.165) is 27.7 Å². The first-order valence-electron chi connectivity index (χ1n) is 8.16. The maximum atomic E-state index is 13.2. The first-order chi connectivity index (χ1) is 12.0. The first-order valence-corrected chi connectivity index (χ1v) is 8.16. The lowest BCUT2D eigenvalue weighted by atomic mass is 9.94. The van der Waals surface area contributed by atoms with Crippen molar-refractivity contribution in [2.24, 2.45) is 0 Å². The van der Waals surface area contributed by atoms with Gasteiger partial charge < -0.3 is 9.67 Å². The highest BCUT2D eigenvalue weighted by atomic mass is 19.1. The van der Waals surface area contributed by atoms with Gasteiger partial charge in [-0.05, 0) is 47.9 Å². The number of carboxylic acid groups (broad SMARTS) is 1. The van der Waals surface area contributed by atoms with Crippen molar-refractivity contribution in [3.8, 4) is 0 Å². The molecule has 0 unspecified atom stereocenters. The van der Waals surface area contributed by atoms with Crippen LogP contribution in [0.1, 0.15) is 33.6 Å². The molecule has 0 aliphatic heterocycles. The van der Waals surface area contributed by atoms with Crippen LogP contribution in [0.25, 0.3) is 10.9 Å². The fourth-order valence-corrected chi connectivity index (χ4v) is 3.59. The molecule has 4 nitrogen and oxygen atoms in total. The van der Waals surface area contributed by atoms with Gasteiger partial charge in [-0.3, -0.25) is 4.79 Å². The molecule has 25 heavy (non-hydrogen) atoms. The van der Waals surface area contributed by atoms with Gasteiger partial charge in [0.25, 0.3) is 0 Å². The van der Waals surface area contributed by atoms with Crippen LogP contribution in [0.2, 0.25) is 0 Å². The molecule has 2 aromatic carbocycles. The number of hydrogen-bond donors (Lipinski definition) is 1. The van der Waals surface area contributed by atoms with Gasteiger partial charge in [-0.2, -0.15) is 0 Å². The summed E-state index contributed by atoms with van der Waals surface area (Å²) >= 11 is 0. The summed E-state index contributed by atoms with van der Waals surface area (Å²) in [7, 11) is 0. The van der Waals surface area contributed by atoms with Gasteiger partial charge in [0, 0.05) is 36.0 Å². The number of rotatable bonds is 3. The van der Waals surface area contributed by atoms with E-state index in [1.807, 2.05) is 0 Å². The lowest BCUT2D eigenvalue weighted by molar-refractivity contribution is -0.118. The van der Waals surface area contributed by atoms with E-state index in [2.05, 4.69) is 4.57 Å². The predicted molar refractivity (Wildman–Crippen MR) is 91.4 cm³/mol. The van der Waals surface area contributed by atoms with E-state index < -0.39 is 5.97 Å². The highest BCUT2D eigenvalue weighted by Gasteiger charge is 2.24. The summed E-state index contributed by atoms with van der Waals surface area (Å²) in [6.07, 6.45) is 1.48. The molecule has 1 aliphatic carbocycles. The molecule has 0 bridgehead atoms. The molecule has 0 saturated heterocycles. The van der Waals surface area contributed by atoms with E-state index in [9.17, 15) is 19.1 Å². The van der Waals surface area contributed by atoms with Crippen LogP contribution in [0.5, 0.6) is 0 Å². The number of halogens is 1. The quantitative estimate of drug-likeness (QED) is 0.795. The molecule has 5 heteroatoms. The number of hydrogen-bond acceptors (Lipinski definition) is 2. The second-order valence-electron chi connectivity index (χ2n) is 6.39. The number of nitrogens with zero attached hydrogens (tertiary/aromatic N) is 1. The van der Waals surface area contributed by atoms with Gasteiger partial charge in [0.05, 0.1) is 5.56 Å². The zero-order chi connectivity index (χ0) is 17.6. The minimum atomic E-state index is -0.982. The second-order valence-corrected chi connectivity index (χ2v) is 6.39. The number of aromatic nitrogens is 1. The second kappa shape index (κ2) is 5.84. The fraction of sp³-hybridized carbons (Fsp3) is 0.200. The number of benzene rings is 2. The highest BCUT2D eigenvalue weighted by molar-refractivity contribution is 5.98. The van der Waals surface area contributed by atoms with Crippen molar-refractivity contribution in [1.82, 2.24) is 4.57 Å². The van der Waals surface area contributed by atoms with Gasteiger partial charge >= 0.3 is 5.97 Å². The van der Waals surface area contributed by atoms with Crippen LogP contribution in [-0.4, -0.2) is 21.4 Å². The number of carboxylic acids is 1. The van der Waals surface area contributed by atoms with Crippen LogP contribution in [0.4, 0.5) is 4.39 Å². The molecule has 1 N–H and O–H groups in total. The summed E-state index contributed by atoms with van der Waals surface area (Å²) in [4.78, 5) is 23.2. The molecule has 4 rings (SSSR count). The first kappa shape index (κ1) is 15.6. The number of aromatic carboxylic acids is 1. The standard InChI is InChI=1S/C20H16FNO3/c21-14-4-1-12(2-5-14)11-22-18-7-3-13(20(24)25)9-16(18)17-10-15(23)6-8-19(17)22/h1-5,7,9H,6,8,10-11H2,(H,24,25). The normalized spacial score (nSPS) is 13.9. The predicted octanol–water partition coefficient (Wildman–Crippen LogP) is 3.58. The smallest absolute Gasteiger partial charge is 0.335 e. The Kier molecular flexibility index (Phi) is 3.64. The Balaban J connectivity index is 1.89. The molecule has 1 heterocycles. The van der Waals surface area contributed by atoms with Crippen molar-refractivity contribution in [2.75, 3.05) is 0 Å². The van der Waals surface area contributed by atoms with E-state index in [1.54, 1.807) is 30.3 Å². The molecule has 1 aliphatic rings. The monoisotopic (exact) mass is 337 g/mol. The minimum absolute atomic E-state index is 0.175. The van der Waals surface area contributed by atoms with Crippen LogP contribution < -0.4 is 0 Å². The maximum absolute atomic E-state index is 13.2. The molecule has 3 aromatic rings. The third kappa shape index (κ3) is 2.71. The Morgan fingerprint density at radius 3 is 2.60 bits per heavy atom. The zero-order valence-electron chi connectivity index (χ0n) is 13.5. The molecule has 0 amide bonds. The van der Waals surface area contributed by atoms with Crippen LogP contribution >= 0.6 is 0 Å². The lowest BCUT2D eigenvalue weighted by Crippen LogP contribution is -2.15. The lowest BCUT2D eigenvalue weighted by Gasteiger charge is -2.15. The summed E-state index contributed by atoms with van der Waals surface area (Å²) in [5, 5.41) is 10.1. The number of fused-ring (bicyclic) bond motifs is 3. The summed E-state index contributed by atoms with van der Waals surface area (Å²) in [6.45, 7) is 0.562. The number of carbonyl (C=O) groups excluding carboxylic acids is 1. The van der Waals surface area contributed by atoms with Gasteiger partial charge in [-0.15, -0.1) is 0 Å². The van der Waals surface area contributed by atoms with Crippen LogP contribution in [-0.2, 0) is 24.2 Å². The number of carbonyl (C=O) groups is 2. The molecular weight excluding hydrogens is 321 g/mol. The van der Waals surface area contributed by atoms with Gasteiger partial charge in [-0.25, -0.2) is 9.18 Å². The maximum Gasteiger partial charge on any atom is 0.335 e. The Labute approximate surface area is 143 Å².